The summed E-state index contributed by atoms with van der Waals surface area (Å²) in [5.74, 6) is 1.45. The van der Waals surface area contributed by atoms with Crippen LogP contribution in [0.2, 0.25) is 0 Å². The molecule has 0 saturated carbocycles. The average molecular weight is 426 g/mol. The monoisotopic (exact) mass is 425 g/mol. The van der Waals surface area contributed by atoms with Gasteiger partial charge >= 0.3 is 0 Å². The lowest BCUT2D eigenvalue weighted by Gasteiger charge is -2.22. The lowest BCUT2D eigenvalue weighted by molar-refractivity contribution is 0.244. The average Bonchev–Trinajstić information content (AvgIpc) is 3.35. The molecule has 2 N–H and O–H groups in total. The summed E-state index contributed by atoms with van der Waals surface area (Å²) in [4.78, 5) is 7.03. The smallest absolute Gasteiger partial charge is 0.208 e. The molecule has 7 nitrogen and oxygen atoms in total. The zero-order valence-corrected chi connectivity index (χ0v) is 17.8. The maximum atomic E-state index is 11.8. The minimum Gasteiger partial charge on any atom is -0.292 e. The second kappa shape index (κ2) is 9.07. The Bertz CT molecular complexity index is 1050. The molecule has 1 aliphatic heterocycles. The van der Waals surface area contributed by atoms with E-state index in [1.54, 1.807) is 0 Å². The van der Waals surface area contributed by atoms with Crippen molar-refractivity contribution in [2.45, 2.75) is 31.3 Å². The van der Waals surface area contributed by atoms with Crippen molar-refractivity contribution < 1.29 is 8.42 Å². The van der Waals surface area contributed by atoms with Gasteiger partial charge in [0.05, 0.1) is 12.3 Å². The molecule has 1 aliphatic rings. The predicted molar refractivity (Wildman–Crippen MR) is 117 cm³/mol. The van der Waals surface area contributed by atoms with Gasteiger partial charge in [-0.3, -0.25) is 10.00 Å². The van der Waals surface area contributed by atoms with Gasteiger partial charge < -0.3 is 0 Å². The molecule has 0 aliphatic carbocycles. The Morgan fingerprint density at radius 1 is 1.10 bits per heavy atom. The molecule has 3 aromatic rings. The van der Waals surface area contributed by atoms with Gasteiger partial charge in [0.1, 0.15) is 5.82 Å². The van der Waals surface area contributed by atoms with E-state index >= 15 is 0 Å². The maximum absolute atomic E-state index is 11.8. The van der Waals surface area contributed by atoms with Gasteiger partial charge in [0.25, 0.3) is 0 Å². The summed E-state index contributed by atoms with van der Waals surface area (Å²) in [5.41, 5.74) is 2.27. The van der Waals surface area contributed by atoms with Crippen LogP contribution in [0.3, 0.4) is 0 Å². The molecule has 0 radical (unpaired) electrons. The first-order valence-electron chi connectivity index (χ1n) is 10.2. The van der Waals surface area contributed by atoms with Crippen LogP contribution in [-0.2, 0) is 16.4 Å². The molecule has 0 amide bonds. The predicted octanol–water partition coefficient (Wildman–Crippen LogP) is 2.77. The molecule has 30 heavy (non-hydrogen) atoms. The zero-order chi connectivity index (χ0) is 21.0. The van der Waals surface area contributed by atoms with Crippen LogP contribution in [0.4, 0.5) is 0 Å². The lowest BCUT2D eigenvalue weighted by atomic mass is 10.1. The van der Waals surface area contributed by atoms with Gasteiger partial charge in [-0.25, -0.2) is 18.1 Å². The molecule has 8 heteroatoms. The molecular formula is C22H27N5O2S. The van der Waals surface area contributed by atoms with Crippen molar-refractivity contribution in [1.29, 1.82) is 0 Å². The largest absolute Gasteiger partial charge is 0.292 e. The molecule has 4 rings (SSSR count). The number of aromatic amines is 1. The van der Waals surface area contributed by atoms with Crippen molar-refractivity contribution >= 4 is 10.0 Å². The van der Waals surface area contributed by atoms with Crippen LogP contribution in [0.5, 0.6) is 0 Å². The van der Waals surface area contributed by atoms with Crippen LogP contribution < -0.4 is 4.72 Å². The standard InChI is InChI=1S/C22H27N5O2S/c1-30(28,29)26-19-15-20(22-23-21(24-25-22)18-12-6-3-7-13-18)27(16-19)14-8-11-17-9-4-2-5-10-17/h2-7,9-10,12-13,19-20,26H,8,11,14-16H2,1H3,(H,23,24,25)/t19-,20-/m0/s1. The number of sulfonamides is 1. The fourth-order valence-electron chi connectivity index (χ4n) is 4.09. The first-order chi connectivity index (χ1) is 14.5. The second-order valence-corrected chi connectivity index (χ2v) is 9.61. The molecule has 1 saturated heterocycles. The van der Waals surface area contributed by atoms with Gasteiger partial charge in [-0.2, -0.15) is 5.10 Å². The Labute approximate surface area is 177 Å². The number of likely N-dealkylation sites (tertiary alicyclic amines) is 1. The Hall–Kier alpha value is -2.55. The summed E-state index contributed by atoms with van der Waals surface area (Å²) in [6, 6.07) is 20.1. The number of rotatable bonds is 8. The van der Waals surface area contributed by atoms with Crippen LogP contribution in [0.15, 0.2) is 60.7 Å². The first-order valence-corrected chi connectivity index (χ1v) is 12.1. The van der Waals surface area contributed by atoms with Crippen LogP contribution in [0.25, 0.3) is 11.4 Å². The highest BCUT2D eigenvalue weighted by molar-refractivity contribution is 7.88. The topological polar surface area (TPSA) is 91.0 Å². The van der Waals surface area contributed by atoms with Crippen molar-refractivity contribution in [3.63, 3.8) is 0 Å². The van der Waals surface area contributed by atoms with Crippen molar-refractivity contribution in [1.82, 2.24) is 24.8 Å². The van der Waals surface area contributed by atoms with E-state index < -0.39 is 10.0 Å². The summed E-state index contributed by atoms with van der Waals surface area (Å²) in [7, 11) is -3.26. The van der Waals surface area contributed by atoms with E-state index in [0.29, 0.717) is 18.8 Å². The van der Waals surface area contributed by atoms with E-state index in [1.165, 1.54) is 11.8 Å². The summed E-state index contributed by atoms with van der Waals surface area (Å²) in [5, 5.41) is 7.48. The van der Waals surface area contributed by atoms with Crippen LogP contribution in [-0.4, -0.2) is 53.9 Å². The minimum absolute atomic E-state index is 0.00462. The Morgan fingerprint density at radius 2 is 1.80 bits per heavy atom. The van der Waals surface area contributed by atoms with E-state index in [9.17, 15) is 8.42 Å². The minimum atomic E-state index is -3.26. The summed E-state index contributed by atoms with van der Waals surface area (Å²) >= 11 is 0. The highest BCUT2D eigenvalue weighted by atomic mass is 32.2. The van der Waals surface area contributed by atoms with Crippen LogP contribution >= 0.6 is 0 Å². The van der Waals surface area contributed by atoms with Crippen LogP contribution in [0, 0.1) is 0 Å². The Morgan fingerprint density at radius 3 is 2.50 bits per heavy atom. The van der Waals surface area contributed by atoms with Gasteiger partial charge in [-0.15, -0.1) is 0 Å². The number of hydrogen-bond donors (Lipinski definition) is 2. The van der Waals surface area contributed by atoms with Crippen molar-refractivity contribution in [3.05, 3.63) is 72.1 Å². The summed E-state index contributed by atoms with van der Waals surface area (Å²) in [6.45, 7) is 1.52. The Balaban J connectivity index is 1.48. The molecule has 158 valence electrons. The van der Waals surface area contributed by atoms with Gasteiger partial charge in [0, 0.05) is 18.2 Å². The number of nitrogens with zero attached hydrogens (tertiary/aromatic N) is 3. The summed E-state index contributed by atoms with van der Waals surface area (Å²) in [6.07, 6.45) is 3.86. The number of H-pyrrole nitrogens is 1. The maximum Gasteiger partial charge on any atom is 0.208 e. The first kappa shape index (κ1) is 20.7. The third kappa shape index (κ3) is 5.33. The van der Waals surface area contributed by atoms with E-state index in [0.717, 1.165) is 30.8 Å². The van der Waals surface area contributed by atoms with E-state index in [2.05, 4.69) is 44.1 Å². The van der Waals surface area contributed by atoms with Gasteiger partial charge in [0.2, 0.25) is 10.0 Å². The van der Waals surface area contributed by atoms with E-state index in [1.807, 2.05) is 36.4 Å². The highest BCUT2D eigenvalue weighted by Crippen LogP contribution is 2.31. The normalized spacial score (nSPS) is 19.9. The Kier molecular flexibility index (Phi) is 6.26. The van der Waals surface area contributed by atoms with Gasteiger partial charge in [-0.05, 0) is 31.4 Å². The second-order valence-electron chi connectivity index (χ2n) is 7.83. The van der Waals surface area contributed by atoms with Crippen molar-refractivity contribution in [2.24, 2.45) is 0 Å². The zero-order valence-electron chi connectivity index (χ0n) is 17.0. The number of nitrogens with one attached hydrogen (secondary N) is 2. The molecule has 0 spiro atoms. The van der Waals surface area contributed by atoms with Gasteiger partial charge in [0.15, 0.2) is 5.82 Å². The van der Waals surface area contributed by atoms with E-state index in [-0.39, 0.29) is 12.1 Å². The molecule has 0 bridgehead atoms. The number of aryl methyl sites for hydroxylation is 1. The SMILES string of the molecule is CS(=O)(=O)N[C@H]1C[C@@H](c2nc(-c3ccccc3)n[nH]2)N(CCCc2ccccc2)C1. The quantitative estimate of drug-likeness (QED) is 0.579. The molecular weight excluding hydrogens is 398 g/mol. The third-order valence-electron chi connectivity index (χ3n) is 5.39. The molecule has 1 fully saturated rings. The fraction of sp³-hybridized carbons (Fsp3) is 0.364. The molecule has 2 heterocycles. The summed E-state index contributed by atoms with van der Waals surface area (Å²) < 4.78 is 26.3. The number of aromatic nitrogens is 3. The molecule has 0 unspecified atom stereocenters. The van der Waals surface area contributed by atoms with Gasteiger partial charge in [-0.1, -0.05) is 60.7 Å². The van der Waals surface area contributed by atoms with E-state index in [4.69, 9.17) is 4.98 Å². The fourth-order valence-corrected chi connectivity index (χ4v) is 4.87. The number of benzene rings is 2. The molecule has 2 aromatic carbocycles. The van der Waals surface area contributed by atoms with Crippen molar-refractivity contribution in [2.75, 3.05) is 19.3 Å². The highest BCUT2D eigenvalue weighted by Gasteiger charge is 2.36. The molecule has 1 aromatic heterocycles. The van der Waals surface area contributed by atoms with Crippen LogP contribution in [0.1, 0.15) is 30.3 Å². The third-order valence-corrected chi connectivity index (χ3v) is 6.15. The molecule has 2 atom stereocenters. The van der Waals surface area contributed by atoms with Crippen molar-refractivity contribution in [3.8, 4) is 11.4 Å². The number of hydrogen-bond acceptors (Lipinski definition) is 5. The lowest BCUT2D eigenvalue weighted by Crippen LogP contribution is -2.36.